The number of carbonyl (C=O) groups excluding carboxylic acids is 2. The lowest BCUT2D eigenvalue weighted by Crippen LogP contribution is -2.36. The first-order valence-corrected chi connectivity index (χ1v) is 10.1. The molecule has 30 heavy (non-hydrogen) atoms. The highest BCUT2D eigenvalue weighted by atomic mass is 35.5. The van der Waals surface area contributed by atoms with Gasteiger partial charge >= 0.3 is 0 Å². The average molecular weight is 421 g/mol. The molecule has 6 heteroatoms. The highest BCUT2D eigenvalue weighted by Crippen LogP contribution is 2.25. The van der Waals surface area contributed by atoms with Crippen LogP contribution in [0.15, 0.2) is 72.8 Å². The van der Waals surface area contributed by atoms with Crippen molar-refractivity contribution in [3.63, 3.8) is 0 Å². The molecule has 1 aliphatic rings. The highest BCUT2D eigenvalue weighted by molar-refractivity contribution is 6.31. The maximum atomic E-state index is 12.9. The summed E-state index contributed by atoms with van der Waals surface area (Å²) in [6.45, 7) is 3.08. The van der Waals surface area contributed by atoms with E-state index in [1.54, 1.807) is 54.6 Å². The molecule has 1 saturated heterocycles. The molecular formula is C24H21ClN2O3. The van der Waals surface area contributed by atoms with Gasteiger partial charge < -0.3 is 15.0 Å². The van der Waals surface area contributed by atoms with E-state index in [4.69, 9.17) is 16.3 Å². The first kappa shape index (κ1) is 20.1. The van der Waals surface area contributed by atoms with Crippen LogP contribution in [-0.4, -0.2) is 38.0 Å². The molecule has 0 spiro atoms. The van der Waals surface area contributed by atoms with E-state index in [-0.39, 0.29) is 11.7 Å². The molecular weight excluding hydrogens is 400 g/mol. The number of ketones is 1. The molecule has 0 atom stereocenters. The Labute approximate surface area is 180 Å². The van der Waals surface area contributed by atoms with Gasteiger partial charge in [0.15, 0.2) is 5.78 Å². The topological polar surface area (TPSA) is 58.6 Å². The van der Waals surface area contributed by atoms with Crippen molar-refractivity contribution < 1.29 is 14.3 Å². The van der Waals surface area contributed by atoms with Crippen LogP contribution in [0, 0.1) is 0 Å². The molecule has 5 nitrogen and oxygen atoms in total. The number of ether oxygens (including phenoxy) is 1. The van der Waals surface area contributed by atoms with Crippen molar-refractivity contribution in [2.75, 3.05) is 36.5 Å². The number of nitrogens with zero attached hydrogens (tertiary/aromatic N) is 1. The summed E-state index contributed by atoms with van der Waals surface area (Å²) in [4.78, 5) is 28.0. The number of nitrogens with one attached hydrogen (secondary N) is 1. The SMILES string of the molecule is O=C(Nc1ccc(Cl)cc1C(=O)c1ccccc1)c1ccc(N2CCOCC2)cc1. The standard InChI is InChI=1S/C24H21ClN2O3/c25-19-8-11-22(21(16-19)23(28)17-4-2-1-3-5-17)26-24(29)18-6-9-20(10-7-18)27-12-14-30-15-13-27/h1-11,16H,12-15H2,(H,26,29). The number of hydrogen-bond acceptors (Lipinski definition) is 4. The Bertz CT molecular complexity index is 1050. The van der Waals surface area contributed by atoms with E-state index in [0.717, 1.165) is 18.8 Å². The molecule has 1 amide bonds. The quantitative estimate of drug-likeness (QED) is 0.610. The van der Waals surface area contributed by atoms with Crippen molar-refractivity contribution >= 4 is 34.7 Å². The van der Waals surface area contributed by atoms with Crippen LogP contribution in [0.4, 0.5) is 11.4 Å². The summed E-state index contributed by atoms with van der Waals surface area (Å²) in [5.41, 5.74) is 2.88. The van der Waals surface area contributed by atoms with E-state index in [1.807, 2.05) is 18.2 Å². The third-order valence-corrected chi connectivity index (χ3v) is 5.25. The van der Waals surface area contributed by atoms with Gasteiger partial charge in [0.1, 0.15) is 0 Å². The first-order chi connectivity index (χ1) is 14.6. The number of benzene rings is 3. The Morgan fingerprint density at radius 3 is 2.27 bits per heavy atom. The molecule has 1 N–H and O–H groups in total. The molecule has 0 bridgehead atoms. The first-order valence-electron chi connectivity index (χ1n) is 9.75. The van der Waals surface area contributed by atoms with E-state index in [0.29, 0.717) is 40.6 Å². The van der Waals surface area contributed by atoms with Gasteiger partial charge in [-0.05, 0) is 42.5 Å². The second-order valence-corrected chi connectivity index (χ2v) is 7.42. The third kappa shape index (κ3) is 4.53. The predicted molar refractivity (Wildman–Crippen MR) is 119 cm³/mol. The van der Waals surface area contributed by atoms with Crippen molar-refractivity contribution in [3.05, 3.63) is 94.5 Å². The predicted octanol–water partition coefficient (Wildman–Crippen LogP) is 4.66. The molecule has 1 aliphatic heterocycles. The number of hydrogen-bond donors (Lipinski definition) is 1. The van der Waals surface area contributed by atoms with Gasteiger partial charge in [-0.1, -0.05) is 41.9 Å². The summed E-state index contributed by atoms with van der Waals surface area (Å²) in [7, 11) is 0. The minimum Gasteiger partial charge on any atom is -0.378 e. The smallest absolute Gasteiger partial charge is 0.255 e. The van der Waals surface area contributed by atoms with Crippen molar-refractivity contribution in [1.29, 1.82) is 0 Å². The monoisotopic (exact) mass is 420 g/mol. The van der Waals surface area contributed by atoms with E-state index < -0.39 is 0 Å². The summed E-state index contributed by atoms with van der Waals surface area (Å²) in [5.74, 6) is -0.482. The molecule has 0 saturated carbocycles. The van der Waals surface area contributed by atoms with Gasteiger partial charge in [0.25, 0.3) is 5.91 Å². The zero-order chi connectivity index (χ0) is 20.9. The average Bonchev–Trinajstić information content (AvgIpc) is 2.81. The molecule has 1 heterocycles. The van der Waals surface area contributed by atoms with Crippen molar-refractivity contribution in [2.45, 2.75) is 0 Å². The maximum Gasteiger partial charge on any atom is 0.255 e. The van der Waals surface area contributed by atoms with E-state index in [9.17, 15) is 9.59 Å². The van der Waals surface area contributed by atoms with Crippen LogP contribution in [0.3, 0.4) is 0 Å². The summed E-state index contributed by atoms with van der Waals surface area (Å²) in [6, 6.07) is 21.2. The zero-order valence-corrected chi connectivity index (χ0v) is 17.1. The molecule has 4 rings (SSSR count). The minimum atomic E-state index is -0.284. The Kier molecular flexibility index (Phi) is 6.12. The summed E-state index contributed by atoms with van der Waals surface area (Å²) in [5, 5.41) is 3.28. The number of amides is 1. The molecule has 0 radical (unpaired) electrons. The summed E-state index contributed by atoms with van der Waals surface area (Å²) >= 11 is 6.11. The molecule has 0 unspecified atom stereocenters. The third-order valence-electron chi connectivity index (χ3n) is 5.02. The Morgan fingerprint density at radius 1 is 0.867 bits per heavy atom. The fourth-order valence-corrected chi connectivity index (χ4v) is 3.57. The van der Waals surface area contributed by atoms with Crippen molar-refractivity contribution in [2.24, 2.45) is 0 Å². The molecule has 0 aromatic heterocycles. The zero-order valence-electron chi connectivity index (χ0n) is 16.3. The summed E-state index contributed by atoms with van der Waals surface area (Å²) in [6.07, 6.45) is 0. The van der Waals surface area contributed by atoms with Crippen molar-refractivity contribution in [3.8, 4) is 0 Å². The van der Waals surface area contributed by atoms with E-state index in [2.05, 4.69) is 10.2 Å². The van der Waals surface area contributed by atoms with Crippen LogP contribution in [0.25, 0.3) is 0 Å². The lowest BCUT2D eigenvalue weighted by molar-refractivity contribution is 0.102. The number of halogens is 1. The number of anilines is 2. The molecule has 3 aromatic rings. The van der Waals surface area contributed by atoms with Crippen LogP contribution < -0.4 is 10.2 Å². The van der Waals surface area contributed by atoms with Gasteiger partial charge in [0.05, 0.1) is 18.9 Å². The van der Waals surface area contributed by atoms with Crippen LogP contribution >= 0.6 is 11.6 Å². The van der Waals surface area contributed by atoms with Gasteiger partial charge in [-0.15, -0.1) is 0 Å². The Balaban J connectivity index is 1.54. The van der Waals surface area contributed by atoms with Gasteiger partial charge in [-0.3, -0.25) is 9.59 Å². The normalized spacial score (nSPS) is 13.7. The van der Waals surface area contributed by atoms with Crippen LogP contribution in [-0.2, 0) is 4.74 Å². The fraction of sp³-hybridized carbons (Fsp3) is 0.167. The van der Waals surface area contributed by atoms with Crippen molar-refractivity contribution in [1.82, 2.24) is 0 Å². The summed E-state index contributed by atoms with van der Waals surface area (Å²) < 4.78 is 5.38. The maximum absolute atomic E-state index is 12.9. The van der Waals surface area contributed by atoms with Crippen LogP contribution in [0.5, 0.6) is 0 Å². The van der Waals surface area contributed by atoms with E-state index >= 15 is 0 Å². The number of carbonyl (C=O) groups is 2. The number of rotatable bonds is 5. The van der Waals surface area contributed by atoms with Crippen LogP contribution in [0.2, 0.25) is 5.02 Å². The van der Waals surface area contributed by atoms with Gasteiger partial charge in [-0.25, -0.2) is 0 Å². The lowest BCUT2D eigenvalue weighted by Gasteiger charge is -2.28. The minimum absolute atomic E-state index is 0.198. The second-order valence-electron chi connectivity index (χ2n) is 6.99. The fourth-order valence-electron chi connectivity index (χ4n) is 3.40. The molecule has 3 aromatic carbocycles. The van der Waals surface area contributed by atoms with E-state index in [1.165, 1.54) is 0 Å². The lowest BCUT2D eigenvalue weighted by atomic mass is 10.0. The molecule has 0 aliphatic carbocycles. The Morgan fingerprint density at radius 2 is 1.57 bits per heavy atom. The molecule has 1 fully saturated rings. The van der Waals surface area contributed by atoms with Gasteiger partial charge in [0, 0.05) is 40.5 Å². The van der Waals surface area contributed by atoms with Crippen LogP contribution in [0.1, 0.15) is 26.3 Å². The number of morpholine rings is 1. The highest BCUT2D eigenvalue weighted by Gasteiger charge is 2.17. The van der Waals surface area contributed by atoms with Gasteiger partial charge in [-0.2, -0.15) is 0 Å². The largest absolute Gasteiger partial charge is 0.378 e. The second kappa shape index (κ2) is 9.11. The Hall–Kier alpha value is -3.15. The van der Waals surface area contributed by atoms with Gasteiger partial charge in [0.2, 0.25) is 0 Å². The molecule has 152 valence electrons.